The van der Waals surface area contributed by atoms with E-state index in [4.69, 9.17) is 0 Å². The van der Waals surface area contributed by atoms with E-state index in [9.17, 15) is 4.79 Å². The standard InChI is InChI=1S/C23H21N3OS/c1-3-4-16-6-12-19(24-14-16)17-7-9-18(10-8-17)22(27)26-23-25-20-11-5-15(2)13-21(20)28-23/h5-14H,3-4H2,1-2H3,(H,25,26,27). The van der Waals surface area contributed by atoms with Crippen LogP contribution in [0.2, 0.25) is 0 Å². The number of carbonyl (C=O) groups excluding carboxylic acids is 1. The van der Waals surface area contributed by atoms with E-state index < -0.39 is 0 Å². The van der Waals surface area contributed by atoms with Crippen LogP contribution in [0.5, 0.6) is 0 Å². The van der Waals surface area contributed by atoms with Gasteiger partial charge in [0.1, 0.15) is 0 Å². The van der Waals surface area contributed by atoms with Crippen molar-refractivity contribution in [3.63, 3.8) is 0 Å². The van der Waals surface area contributed by atoms with Crippen LogP contribution >= 0.6 is 11.3 Å². The number of fused-ring (bicyclic) bond motifs is 1. The number of aromatic nitrogens is 2. The highest BCUT2D eigenvalue weighted by molar-refractivity contribution is 7.22. The maximum Gasteiger partial charge on any atom is 0.257 e. The minimum Gasteiger partial charge on any atom is -0.298 e. The van der Waals surface area contributed by atoms with Gasteiger partial charge >= 0.3 is 0 Å². The second kappa shape index (κ2) is 7.90. The number of benzene rings is 2. The van der Waals surface area contributed by atoms with Crippen LogP contribution < -0.4 is 5.32 Å². The number of aryl methyl sites for hydroxylation is 2. The van der Waals surface area contributed by atoms with Gasteiger partial charge < -0.3 is 0 Å². The van der Waals surface area contributed by atoms with Crippen LogP contribution in [0.25, 0.3) is 21.5 Å². The number of amides is 1. The maximum absolute atomic E-state index is 12.6. The van der Waals surface area contributed by atoms with Crippen molar-refractivity contribution in [2.24, 2.45) is 0 Å². The number of hydrogen-bond acceptors (Lipinski definition) is 4. The van der Waals surface area contributed by atoms with Crippen molar-refractivity contribution in [1.82, 2.24) is 9.97 Å². The molecule has 1 amide bonds. The molecule has 0 aliphatic carbocycles. The molecule has 0 aliphatic rings. The van der Waals surface area contributed by atoms with Crippen molar-refractivity contribution in [2.45, 2.75) is 26.7 Å². The molecule has 4 aromatic rings. The molecule has 4 rings (SSSR count). The molecule has 0 unspecified atom stereocenters. The zero-order valence-corrected chi connectivity index (χ0v) is 16.7. The van der Waals surface area contributed by atoms with Gasteiger partial charge in [0.15, 0.2) is 5.13 Å². The number of thiazole rings is 1. The largest absolute Gasteiger partial charge is 0.298 e. The summed E-state index contributed by atoms with van der Waals surface area (Å²) in [4.78, 5) is 21.6. The molecule has 4 nitrogen and oxygen atoms in total. The van der Waals surface area contributed by atoms with Crippen LogP contribution in [0, 0.1) is 6.92 Å². The monoisotopic (exact) mass is 387 g/mol. The molecule has 0 spiro atoms. The first-order chi connectivity index (χ1) is 13.6. The first-order valence-electron chi connectivity index (χ1n) is 9.36. The minimum atomic E-state index is -0.159. The zero-order valence-electron chi connectivity index (χ0n) is 15.9. The Morgan fingerprint density at radius 2 is 1.89 bits per heavy atom. The molecule has 28 heavy (non-hydrogen) atoms. The molecule has 0 bridgehead atoms. The zero-order chi connectivity index (χ0) is 19.5. The maximum atomic E-state index is 12.6. The highest BCUT2D eigenvalue weighted by Gasteiger charge is 2.10. The lowest BCUT2D eigenvalue weighted by molar-refractivity contribution is 0.102. The Kier molecular flexibility index (Phi) is 5.17. The van der Waals surface area contributed by atoms with E-state index in [1.165, 1.54) is 22.5 Å². The summed E-state index contributed by atoms with van der Waals surface area (Å²) in [6, 6.07) is 17.7. The summed E-state index contributed by atoms with van der Waals surface area (Å²) in [5, 5.41) is 3.51. The van der Waals surface area contributed by atoms with E-state index in [2.05, 4.69) is 34.3 Å². The highest BCUT2D eigenvalue weighted by atomic mass is 32.1. The molecule has 0 fully saturated rings. The summed E-state index contributed by atoms with van der Waals surface area (Å²) in [6.07, 6.45) is 4.07. The number of hydrogen-bond donors (Lipinski definition) is 1. The van der Waals surface area contributed by atoms with Gasteiger partial charge in [0, 0.05) is 17.3 Å². The molecule has 0 saturated carbocycles. The molecule has 2 aromatic carbocycles. The molecule has 0 radical (unpaired) electrons. The number of nitrogens with one attached hydrogen (secondary N) is 1. The van der Waals surface area contributed by atoms with Crippen molar-refractivity contribution < 1.29 is 4.79 Å². The third kappa shape index (κ3) is 3.94. The summed E-state index contributed by atoms with van der Waals surface area (Å²) in [6.45, 7) is 4.21. The van der Waals surface area contributed by atoms with Crippen molar-refractivity contribution in [3.8, 4) is 11.3 Å². The number of carbonyl (C=O) groups is 1. The van der Waals surface area contributed by atoms with Crippen LogP contribution in [-0.4, -0.2) is 15.9 Å². The van der Waals surface area contributed by atoms with Gasteiger partial charge in [-0.3, -0.25) is 15.1 Å². The molecular formula is C23H21N3OS. The van der Waals surface area contributed by atoms with Crippen LogP contribution in [0.3, 0.4) is 0 Å². The van der Waals surface area contributed by atoms with E-state index in [-0.39, 0.29) is 5.91 Å². The molecule has 0 aliphatic heterocycles. The Bertz CT molecular complexity index is 1120. The van der Waals surface area contributed by atoms with Gasteiger partial charge in [-0.1, -0.05) is 48.9 Å². The summed E-state index contributed by atoms with van der Waals surface area (Å²) < 4.78 is 1.07. The van der Waals surface area contributed by atoms with Crippen molar-refractivity contribution >= 4 is 32.6 Å². The number of rotatable bonds is 5. The Morgan fingerprint density at radius 3 is 2.61 bits per heavy atom. The fourth-order valence-corrected chi connectivity index (χ4v) is 4.04. The lowest BCUT2D eigenvalue weighted by Gasteiger charge is -2.05. The topological polar surface area (TPSA) is 54.9 Å². The Balaban J connectivity index is 1.48. The average molecular weight is 388 g/mol. The highest BCUT2D eigenvalue weighted by Crippen LogP contribution is 2.27. The summed E-state index contributed by atoms with van der Waals surface area (Å²) in [5.41, 5.74) is 5.83. The third-order valence-corrected chi connectivity index (χ3v) is 5.50. The van der Waals surface area contributed by atoms with Crippen LogP contribution in [-0.2, 0) is 6.42 Å². The van der Waals surface area contributed by atoms with Gasteiger partial charge in [0.2, 0.25) is 0 Å². The van der Waals surface area contributed by atoms with Crippen LogP contribution in [0.1, 0.15) is 34.8 Å². The van der Waals surface area contributed by atoms with Gasteiger partial charge in [-0.2, -0.15) is 0 Å². The molecule has 0 atom stereocenters. The Hall–Kier alpha value is -3.05. The normalized spacial score (nSPS) is 10.9. The van der Waals surface area contributed by atoms with Gasteiger partial charge in [-0.05, 0) is 54.8 Å². The van der Waals surface area contributed by atoms with E-state index in [0.29, 0.717) is 10.7 Å². The molecule has 5 heteroatoms. The third-order valence-electron chi connectivity index (χ3n) is 4.57. The smallest absolute Gasteiger partial charge is 0.257 e. The van der Waals surface area contributed by atoms with Crippen LogP contribution in [0.4, 0.5) is 5.13 Å². The van der Waals surface area contributed by atoms with E-state index in [1.807, 2.05) is 55.6 Å². The van der Waals surface area contributed by atoms with Gasteiger partial charge in [0.25, 0.3) is 5.91 Å². The second-order valence-corrected chi connectivity index (χ2v) is 7.85. The second-order valence-electron chi connectivity index (χ2n) is 6.82. The summed E-state index contributed by atoms with van der Waals surface area (Å²) in [5.74, 6) is -0.159. The minimum absolute atomic E-state index is 0.159. The average Bonchev–Trinajstić information content (AvgIpc) is 3.10. The molecular weight excluding hydrogens is 366 g/mol. The lowest BCUT2D eigenvalue weighted by Crippen LogP contribution is -2.11. The number of anilines is 1. The van der Waals surface area contributed by atoms with Gasteiger partial charge in [-0.25, -0.2) is 4.98 Å². The number of nitrogens with zero attached hydrogens (tertiary/aromatic N) is 2. The molecule has 1 N–H and O–H groups in total. The summed E-state index contributed by atoms with van der Waals surface area (Å²) in [7, 11) is 0. The molecule has 2 aromatic heterocycles. The predicted octanol–water partition coefficient (Wildman–Crippen LogP) is 5.87. The number of pyridine rings is 1. The quantitative estimate of drug-likeness (QED) is 0.466. The Morgan fingerprint density at radius 1 is 1.07 bits per heavy atom. The molecule has 2 heterocycles. The first-order valence-corrected chi connectivity index (χ1v) is 10.2. The van der Waals surface area contributed by atoms with Crippen molar-refractivity contribution in [2.75, 3.05) is 5.32 Å². The fraction of sp³-hybridized carbons (Fsp3) is 0.174. The molecule has 140 valence electrons. The fourth-order valence-electron chi connectivity index (χ4n) is 3.08. The predicted molar refractivity (Wildman–Crippen MR) is 116 cm³/mol. The Labute approximate surface area is 168 Å². The van der Waals surface area contributed by atoms with Gasteiger partial charge in [-0.15, -0.1) is 0 Å². The van der Waals surface area contributed by atoms with Crippen molar-refractivity contribution in [3.05, 3.63) is 77.5 Å². The van der Waals surface area contributed by atoms with E-state index in [0.717, 1.165) is 34.3 Å². The lowest BCUT2D eigenvalue weighted by atomic mass is 10.1. The van der Waals surface area contributed by atoms with Gasteiger partial charge in [0.05, 0.1) is 15.9 Å². The summed E-state index contributed by atoms with van der Waals surface area (Å²) >= 11 is 1.49. The van der Waals surface area contributed by atoms with E-state index in [1.54, 1.807) is 0 Å². The van der Waals surface area contributed by atoms with E-state index >= 15 is 0 Å². The SMILES string of the molecule is CCCc1ccc(-c2ccc(C(=O)Nc3nc4ccc(C)cc4s3)cc2)nc1. The molecule has 0 saturated heterocycles. The van der Waals surface area contributed by atoms with Crippen molar-refractivity contribution in [1.29, 1.82) is 0 Å². The first kappa shape index (κ1) is 18.3. The van der Waals surface area contributed by atoms with Crippen LogP contribution in [0.15, 0.2) is 60.8 Å².